The molecular formula is C24H20N6O2. The summed E-state index contributed by atoms with van der Waals surface area (Å²) >= 11 is 0. The molecule has 5 aromatic rings. The molecule has 2 N–H and O–H groups in total. The molecule has 0 aliphatic carbocycles. The molecule has 0 spiro atoms. The Morgan fingerprint density at radius 1 is 0.969 bits per heavy atom. The first-order chi connectivity index (χ1) is 15.6. The van der Waals surface area contributed by atoms with Crippen molar-refractivity contribution in [3.05, 3.63) is 72.8 Å². The van der Waals surface area contributed by atoms with E-state index >= 15 is 0 Å². The van der Waals surface area contributed by atoms with Gasteiger partial charge in [0.25, 0.3) is 0 Å². The predicted molar refractivity (Wildman–Crippen MR) is 123 cm³/mol. The van der Waals surface area contributed by atoms with Crippen molar-refractivity contribution in [2.45, 2.75) is 19.4 Å². The number of hydrogen-bond acceptors (Lipinski definition) is 6. The maximum atomic E-state index is 11.5. The standard InChI is InChI=1S/C24H20N6O2/c1-2-20(24(31)32)30-21-13-12-16(14-19(21)28-29-30)25-23-22(15-8-4-3-5-9-15)26-17-10-6-7-11-18(17)27-23/h3-14,20H,2H2,1H3,(H,25,27)(H,31,32). The SMILES string of the molecule is CCC(C(=O)O)n1nnc2cc(Nc3nc4ccccc4nc3-c3ccccc3)ccc21. The average molecular weight is 424 g/mol. The average Bonchev–Trinajstić information content (AvgIpc) is 3.22. The molecular weight excluding hydrogens is 404 g/mol. The highest BCUT2D eigenvalue weighted by atomic mass is 16.4. The Morgan fingerprint density at radius 3 is 2.41 bits per heavy atom. The van der Waals surface area contributed by atoms with Crippen LogP contribution < -0.4 is 5.32 Å². The van der Waals surface area contributed by atoms with Crippen LogP contribution >= 0.6 is 0 Å². The van der Waals surface area contributed by atoms with Gasteiger partial charge < -0.3 is 10.4 Å². The van der Waals surface area contributed by atoms with Gasteiger partial charge in [0.2, 0.25) is 0 Å². The van der Waals surface area contributed by atoms with E-state index < -0.39 is 12.0 Å². The molecule has 1 atom stereocenters. The second-order valence-electron chi connectivity index (χ2n) is 7.40. The molecule has 0 radical (unpaired) electrons. The summed E-state index contributed by atoms with van der Waals surface area (Å²) in [6.45, 7) is 1.81. The van der Waals surface area contributed by atoms with E-state index in [9.17, 15) is 9.90 Å². The lowest BCUT2D eigenvalue weighted by molar-refractivity contribution is -0.141. The van der Waals surface area contributed by atoms with E-state index in [0.29, 0.717) is 23.3 Å². The van der Waals surface area contributed by atoms with Gasteiger partial charge >= 0.3 is 5.97 Å². The summed E-state index contributed by atoms with van der Waals surface area (Å²) in [5.41, 5.74) is 5.32. The maximum absolute atomic E-state index is 11.5. The van der Waals surface area contributed by atoms with Crippen LogP contribution in [0.1, 0.15) is 19.4 Å². The van der Waals surface area contributed by atoms with E-state index in [2.05, 4.69) is 15.6 Å². The number of nitrogens with one attached hydrogen (secondary N) is 1. The molecule has 2 heterocycles. The summed E-state index contributed by atoms with van der Waals surface area (Å²) in [6.07, 6.45) is 0.418. The maximum Gasteiger partial charge on any atom is 0.328 e. The van der Waals surface area contributed by atoms with Crippen LogP contribution in [-0.2, 0) is 4.79 Å². The van der Waals surface area contributed by atoms with Gasteiger partial charge in [-0.3, -0.25) is 0 Å². The fourth-order valence-electron chi connectivity index (χ4n) is 3.72. The highest BCUT2D eigenvalue weighted by Gasteiger charge is 2.21. The number of aromatic nitrogens is 5. The number of anilines is 2. The van der Waals surface area contributed by atoms with Crippen LogP contribution in [-0.4, -0.2) is 36.0 Å². The minimum atomic E-state index is -0.930. The van der Waals surface area contributed by atoms with Crippen molar-refractivity contribution >= 4 is 39.5 Å². The normalized spacial score (nSPS) is 12.2. The largest absolute Gasteiger partial charge is 0.480 e. The first-order valence-electron chi connectivity index (χ1n) is 10.3. The van der Waals surface area contributed by atoms with Gasteiger partial charge in [0, 0.05) is 11.3 Å². The number of benzene rings is 3. The van der Waals surface area contributed by atoms with Crippen molar-refractivity contribution < 1.29 is 9.90 Å². The van der Waals surface area contributed by atoms with Gasteiger partial charge in [0.05, 0.1) is 16.6 Å². The Kier molecular flexibility index (Phi) is 4.95. The summed E-state index contributed by atoms with van der Waals surface area (Å²) in [5, 5.41) is 21.1. The second kappa shape index (κ2) is 8.07. The molecule has 158 valence electrons. The Bertz CT molecular complexity index is 1430. The van der Waals surface area contributed by atoms with E-state index in [1.807, 2.05) is 79.7 Å². The van der Waals surface area contributed by atoms with Crippen molar-refractivity contribution in [3.8, 4) is 11.3 Å². The molecule has 3 aromatic carbocycles. The third kappa shape index (κ3) is 3.51. The van der Waals surface area contributed by atoms with Gasteiger partial charge in [-0.2, -0.15) is 0 Å². The summed E-state index contributed by atoms with van der Waals surface area (Å²) in [4.78, 5) is 21.2. The van der Waals surface area contributed by atoms with Crippen molar-refractivity contribution in [2.75, 3.05) is 5.32 Å². The molecule has 8 heteroatoms. The molecule has 8 nitrogen and oxygen atoms in total. The monoisotopic (exact) mass is 424 g/mol. The summed E-state index contributed by atoms with van der Waals surface area (Å²) in [7, 11) is 0. The van der Waals surface area contributed by atoms with Crippen LogP contribution in [0.2, 0.25) is 0 Å². The molecule has 0 bridgehead atoms. The number of nitrogens with zero attached hydrogens (tertiary/aromatic N) is 5. The Balaban J connectivity index is 1.57. The highest BCUT2D eigenvalue weighted by Crippen LogP contribution is 2.30. The number of fused-ring (bicyclic) bond motifs is 2. The van der Waals surface area contributed by atoms with Gasteiger partial charge in [0.15, 0.2) is 11.9 Å². The molecule has 0 amide bonds. The smallest absolute Gasteiger partial charge is 0.328 e. The zero-order chi connectivity index (χ0) is 22.1. The van der Waals surface area contributed by atoms with Crippen molar-refractivity contribution in [2.24, 2.45) is 0 Å². The molecule has 0 aliphatic heterocycles. The Morgan fingerprint density at radius 2 is 1.69 bits per heavy atom. The number of carboxylic acids is 1. The van der Waals surface area contributed by atoms with Gasteiger partial charge in [0.1, 0.15) is 11.2 Å². The molecule has 32 heavy (non-hydrogen) atoms. The van der Waals surface area contributed by atoms with Gasteiger partial charge in [-0.05, 0) is 36.8 Å². The molecule has 0 saturated heterocycles. The van der Waals surface area contributed by atoms with Gasteiger partial charge in [-0.25, -0.2) is 19.4 Å². The van der Waals surface area contributed by atoms with E-state index in [4.69, 9.17) is 9.97 Å². The lowest BCUT2D eigenvalue weighted by Crippen LogP contribution is -2.19. The number of hydrogen-bond donors (Lipinski definition) is 2. The number of carbonyl (C=O) groups is 1. The Hall–Kier alpha value is -4.33. The van der Waals surface area contributed by atoms with Crippen LogP contribution in [0.15, 0.2) is 72.8 Å². The molecule has 0 saturated carbocycles. The van der Waals surface area contributed by atoms with Crippen molar-refractivity contribution in [1.29, 1.82) is 0 Å². The minimum absolute atomic E-state index is 0.418. The lowest BCUT2D eigenvalue weighted by atomic mass is 10.1. The summed E-state index contributed by atoms with van der Waals surface area (Å²) in [5.74, 6) is -0.306. The molecule has 5 rings (SSSR count). The highest BCUT2D eigenvalue weighted by molar-refractivity contribution is 5.87. The second-order valence-corrected chi connectivity index (χ2v) is 7.40. The molecule has 0 aliphatic rings. The van der Waals surface area contributed by atoms with Crippen LogP contribution in [0, 0.1) is 0 Å². The minimum Gasteiger partial charge on any atom is -0.480 e. The number of para-hydroxylation sites is 2. The third-order valence-corrected chi connectivity index (χ3v) is 5.32. The first-order valence-corrected chi connectivity index (χ1v) is 10.3. The van der Waals surface area contributed by atoms with Crippen molar-refractivity contribution in [3.63, 3.8) is 0 Å². The molecule has 0 fully saturated rings. The van der Waals surface area contributed by atoms with E-state index in [1.165, 1.54) is 4.68 Å². The van der Waals surface area contributed by atoms with Crippen LogP contribution in [0.4, 0.5) is 11.5 Å². The lowest BCUT2D eigenvalue weighted by Gasteiger charge is -2.13. The third-order valence-electron chi connectivity index (χ3n) is 5.32. The van der Waals surface area contributed by atoms with Crippen molar-refractivity contribution in [1.82, 2.24) is 25.0 Å². The molecule has 2 aromatic heterocycles. The number of rotatable bonds is 6. The zero-order valence-electron chi connectivity index (χ0n) is 17.3. The fraction of sp³-hybridized carbons (Fsp3) is 0.125. The fourth-order valence-corrected chi connectivity index (χ4v) is 3.72. The van der Waals surface area contributed by atoms with Crippen LogP contribution in [0.5, 0.6) is 0 Å². The van der Waals surface area contributed by atoms with Crippen LogP contribution in [0.25, 0.3) is 33.3 Å². The number of aliphatic carboxylic acids is 1. The summed E-state index contributed by atoms with van der Waals surface area (Å²) in [6, 6.07) is 22.4. The summed E-state index contributed by atoms with van der Waals surface area (Å²) < 4.78 is 1.45. The predicted octanol–water partition coefficient (Wildman–Crippen LogP) is 4.82. The van der Waals surface area contributed by atoms with Crippen LogP contribution in [0.3, 0.4) is 0 Å². The van der Waals surface area contributed by atoms with E-state index in [1.54, 1.807) is 0 Å². The quantitative estimate of drug-likeness (QED) is 0.402. The van der Waals surface area contributed by atoms with E-state index in [-0.39, 0.29) is 0 Å². The molecule has 1 unspecified atom stereocenters. The van der Waals surface area contributed by atoms with E-state index in [0.717, 1.165) is 28.0 Å². The topological polar surface area (TPSA) is 106 Å². The number of carboxylic acid groups (broad SMARTS) is 1. The Labute approximate surface area is 183 Å². The van der Waals surface area contributed by atoms with Gasteiger partial charge in [-0.15, -0.1) is 5.10 Å². The first kappa shape index (κ1) is 19.6. The zero-order valence-corrected chi connectivity index (χ0v) is 17.3. The van der Waals surface area contributed by atoms with Gasteiger partial charge in [-0.1, -0.05) is 54.6 Å².